The largest absolute Gasteiger partial charge is 0.496 e. The zero-order chi connectivity index (χ0) is 26.1. The van der Waals surface area contributed by atoms with E-state index in [4.69, 9.17) is 9.47 Å². The maximum absolute atomic E-state index is 12.8. The number of anilines is 1. The van der Waals surface area contributed by atoms with E-state index in [1.807, 2.05) is 84.9 Å². The SMILES string of the molecule is CC.CC.C\C=C(C(=O)OCC)/C(Nc1ccc(Br)cc1C)=c1/cccc(OC)/c1=C\CCC. The van der Waals surface area contributed by atoms with Crippen molar-refractivity contribution in [1.29, 1.82) is 0 Å². The first-order chi connectivity index (χ1) is 16.5. The van der Waals surface area contributed by atoms with Gasteiger partial charge in [0, 0.05) is 20.6 Å². The van der Waals surface area contributed by atoms with E-state index >= 15 is 0 Å². The predicted octanol–water partition coefficient (Wildman–Crippen LogP) is 7.13. The minimum atomic E-state index is -0.360. The summed E-state index contributed by atoms with van der Waals surface area (Å²) >= 11 is 3.51. The molecule has 1 N–H and O–H groups in total. The molecule has 2 rings (SSSR count). The van der Waals surface area contributed by atoms with Crippen molar-refractivity contribution in [3.63, 3.8) is 0 Å². The van der Waals surface area contributed by atoms with Crippen LogP contribution in [-0.4, -0.2) is 19.7 Å². The highest BCUT2D eigenvalue weighted by atomic mass is 79.9. The van der Waals surface area contributed by atoms with E-state index in [1.54, 1.807) is 13.2 Å². The van der Waals surface area contributed by atoms with E-state index in [2.05, 4.69) is 34.2 Å². The third-order valence-corrected chi connectivity index (χ3v) is 5.19. The fraction of sp³-hybridized carbons (Fsp3) is 0.414. The predicted molar refractivity (Wildman–Crippen MR) is 151 cm³/mol. The van der Waals surface area contributed by atoms with E-state index in [0.717, 1.165) is 44.8 Å². The normalized spacial score (nSPS) is 11.9. The van der Waals surface area contributed by atoms with Crippen LogP contribution in [0.5, 0.6) is 5.75 Å². The molecule has 0 saturated carbocycles. The molecule has 188 valence electrons. The molecule has 0 spiro atoms. The molecular weight excluding hydrogens is 490 g/mol. The third-order valence-electron chi connectivity index (χ3n) is 4.69. The van der Waals surface area contributed by atoms with Crippen molar-refractivity contribution in [2.24, 2.45) is 0 Å². The molecule has 2 aromatic carbocycles. The summed E-state index contributed by atoms with van der Waals surface area (Å²) in [5, 5.41) is 5.36. The van der Waals surface area contributed by atoms with Crippen LogP contribution in [0.15, 0.2) is 52.5 Å². The number of halogens is 1. The maximum atomic E-state index is 12.8. The summed E-state index contributed by atoms with van der Waals surface area (Å²) in [5.74, 6) is 0.411. The Morgan fingerprint density at radius 1 is 1.09 bits per heavy atom. The second kappa shape index (κ2) is 17.9. The van der Waals surface area contributed by atoms with E-state index in [1.165, 1.54) is 0 Å². The fourth-order valence-electron chi connectivity index (χ4n) is 3.19. The van der Waals surface area contributed by atoms with Gasteiger partial charge in [-0.1, -0.05) is 81.3 Å². The van der Waals surface area contributed by atoms with Crippen molar-refractivity contribution in [2.75, 3.05) is 19.0 Å². The lowest BCUT2D eigenvalue weighted by Crippen LogP contribution is -2.33. The van der Waals surface area contributed by atoms with Gasteiger partial charge in [0.05, 0.1) is 25.0 Å². The first-order valence-electron chi connectivity index (χ1n) is 12.2. The van der Waals surface area contributed by atoms with E-state index in [0.29, 0.717) is 17.9 Å². The van der Waals surface area contributed by atoms with Crippen LogP contribution in [0.3, 0.4) is 0 Å². The number of carbonyl (C=O) groups is 1. The summed E-state index contributed by atoms with van der Waals surface area (Å²) in [6, 6.07) is 11.9. The molecule has 0 bridgehead atoms. The van der Waals surface area contributed by atoms with Gasteiger partial charge in [0.2, 0.25) is 0 Å². The first kappa shape index (κ1) is 31.5. The van der Waals surface area contributed by atoms with Crippen LogP contribution in [0.2, 0.25) is 0 Å². The molecule has 0 aromatic heterocycles. The van der Waals surface area contributed by atoms with Gasteiger partial charge in [-0.3, -0.25) is 0 Å². The molecule has 5 heteroatoms. The molecule has 2 aromatic rings. The van der Waals surface area contributed by atoms with Crippen LogP contribution in [-0.2, 0) is 9.53 Å². The lowest BCUT2D eigenvalue weighted by Gasteiger charge is -2.17. The van der Waals surface area contributed by atoms with Gasteiger partial charge in [-0.05, 0) is 57.0 Å². The van der Waals surface area contributed by atoms with Crippen LogP contribution in [0.4, 0.5) is 5.69 Å². The van der Waals surface area contributed by atoms with Gasteiger partial charge < -0.3 is 14.8 Å². The Morgan fingerprint density at radius 3 is 2.29 bits per heavy atom. The highest BCUT2D eigenvalue weighted by molar-refractivity contribution is 9.10. The van der Waals surface area contributed by atoms with Crippen LogP contribution in [0, 0.1) is 6.92 Å². The number of hydrogen-bond donors (Lipinski definition) is 1. The van der Waals surface area contributed by atoms with Gasteiger partial charge in [0.25, 0.3) is 0 Å². The number of aryl methyl sites for hydroxylation is 1. The summed E-state index contributed by atoms with van der Waals surface area (Å²) < 4.78 is 12.0. The van der Waals surface area contributed by atoms with Crippen LogP contribution < -0.4 is 20.5 Å². The second-order valence-corrected chi connectivity index (χ2v) is 7.71. The Kier molecular flexibility index (Phi) is 16.6. The molecule has 0 aliphatic carbocycles. The summed E-state index contributed by atoms with van der Waals surface area (Å²) in [7, 11) is 1.66. The van der Waals surface area contributed by atoms with Gasteiger partial charge in [-0.25, -0.2) is 4.79 Å². The minimum Gasteiger partial charge on any atom is -0.496 e. The number of methoxy groups -OCH3 is 1. The molecule has 0 aliphatic rings. The number of allylic oxidation sites excluding steroid dienone is 1. The molecule has 0 heterocycles. The molecule has 0 unspecified atom stereocenters. The van der Waals surface area contributed by atoms with Crippen LogP contribution in [0.1, 0.15) is 66.9 Å². The standard InChI is InChI=1S/C25H30BrNO3.2C2H6/c1-6-9-11-20-21(12-10-13-23(20)29-5)24(19(7-2)25(28)30-8-3)27-22-15-14-18(26)16-17(22)4;2*1-2/h7,10-16,27H,6,8-9H2,1-5H3;2*1-2H3/b19-7+,20-11-,24-21+;;. The Labute approximate surface area is 214 Å². The molecule has 0 atom stereocenters. The number of hydrogen-bond acceptors (Lipinski definition) is 4. The Hall–Kier alpha value is -2.53. The fourth-order valence-corrected chi connectivity index (χ4v) is 3.67. The van der Waals surface area contributed by atoms with Crippen molar-refractivity contribution in [3.8, 4) is 5.75 Å². The topological polar surface area (TPSA) is 47.6 Å². The number of benzene rings is 2. The number of carbonyl (C=O) groups excluding carboxylic acids is 1. The number of nitrogens with one attached hydrogen (secondary N) is 1. The Morgan fingerprint density at radius 2 is 1.76 bits per heavy atom. The smallest absolute Gasteiger partial charge is 0.339 e. The highest BCUT2D eigenvalue weighted by Crippen LogP contribution is 2.24. The van der Waals surface area contributed by atoms with Gasteiger partial charge in [0.15, 0.2) is 0 Å². The lowest BCUT2D eigenvalue weighted by atomic mass is 10.0. The van der Waals surface area contributed by atoms with E-state index in [9.17, 15) is 4.79 Å². The van der Waals surface area contributed by atoms with Crippen molar-refractivity contribution < 1.29 is 14.3 Å². The molecular formula is C29H42BrNO3. The summed E-state index contributed by atoms with van der Waals surface area (Å²) in [4.78, 5) is 12.8. The molecule has 4 nitrogen and oxygen atoms in total. The number of ether oxygens (including phenoxy) is 2. The van der Waals surface area contributed by atoms with Gasteiger partial charge >= 0.3 is 5.97 Å². The molecule has 0 saturated heterocycles. The molecule has 0 amide bonds. The second-order valence-electron chi connectivity index (χ2n) is 6.80. The van der Waals surface area contributed by atoms with Crippen molar-refractivity contribution >= 4 is 39.4 Å². The van der Waals surface area contributed by atoms with Crippen LogP contribution in [0.25, 0.3) is 11.8 Å². The average Bonchev–Trinajstić information content (AvgIpc) is 2.86. The molecule has 0 fully saturated rings. The van der Waals surface area contributed by atoms with E-state index in [-0.39, 0.29) is 5.97 Å². The van der Waals surface area contributed by atoms with Gasteiger partial charge in [-0.2, -0.15) is 0 Å². The van der Waals surface area contributed by atoms with Crippen molar-refractivity contribution in [1.82, 2.24) is 0 Å². The van der Waals surface area contributed by atoms with E-state index < -0.39 is 0 Å². The lowest BCUT2D eigenvalue weighted by molar-refractivity contribution is -0.138. The molecule has 0 aliphatic heterocycles. The van der Waals surface area contributed by atoms with Crippen molar-refractivity contribution in [2.45, 2.75) is 68.2 Å². The minimum absolute atomic E-state index is 0.313. The van der Waals surface area contributed by atoms with Gasteiger partial charge in [-0.15, -0.1) is 0 Å². The molecule has 0 radical (unpaired) electrons. The quantitative estimate of drug-likeness (QED) is 0.290. The average molecular weight is 533 g/mol. The Balaban J connectivity index is 0.00000258. The zero-order valence-corrected chi connectivity index (χ0v) is 23.9. The number of unbranched alkanes of at least 4 members (excludes halogenated alkanes) is 1. The third kappa shape index (κ3) is 9.02. The number of rotatable bonds is 8. The van der Waals surface area contributed by atoms with Gasteiger partial charge in [0.1, 0.15) is 5.75 Å². The zero-order valence-electron chi connectivity index (χ0n) is 22.3. The Bertz CT molecular complexity index is 1040. The summed E-state index contributed by atoms with van der Waals surface area (Å²) in [6.45, 7) is 16.1. The monoisotopic (exact) mass is 531 g/mol. The van der Waals surface area contributed by atoms with Crippen LogP contribution >= 0.6 is 15.9 Å². The first-order valence-corrected chi connectivity index (χ1v) is 13.0. The van der Waals surface area contributed by atoms with Crippen molar-refractivity contribution in [3.05, 3.63) is 68.5 Å². The summed E-state index contributed by atoms with van der Waals surface area (Å²) in [5.41, 5.74) is 3.16. The summed E-state index contributed by atoms with van der Waals surface area (Å²) in [6.07, 6.45) is 5.86. The maximum Gasteiger partial charge on any atom is 0.339 e. The highest BCUT2D eigenvalue weighted by Gasteiger charge is 2.18. The molecule has 34 heavy (non-hydrogen) atoms. The number of esters is 1.